The molecule has 1 amide bonds. The van der Waals surface area contributed by atoms with Crippen LogP contribution in [0.2, 0.25) is 0 Å². The predicted molar refractivity (Wildman–Crippen MR) is 106 cm³/mol. The van der Waals surface area contributed by atoms with E-state index in [-0.39, 0.29) is 24.3 Å². The van der Waals surface area contributed by atoms with Gasteiger partial charge in [0.15, 0.2) is 0 Å². The number of carbonyl (C=O) groups excluding carboxylic acids is 1. The molecule has 3 N–H and O–H groups in total. The summed E-state index contributed by atoms with van der Waals surface area (Å²) in [6.45, 7) is 7.74. The monoisotopic (exact) mass is 374 g/mol. The van der Waals surface area contributed by atoms with Gasteiger partial charge in [-0.15, -0.1) is 0 Å². The van der Waals surface area contributed by atoms with E-state index >= 15 is 0 Å². The van der Waals surface area contributed by atoms with Gasteiger partial charge in [0.25, 0.3) is 0 Å². The second-order valence-electron chi connectivity index (χ2n) is 7.47. The molecule has 1 aromatic heterocycles. The van der Waals surface area contributed by atoms with Crippen LogP contribution < -0.4 is 11.1 Å². The standard InChI is InChI=1S/C19H30N6O2/c1-13(2)27-19(26)24-9-6-16(7-10-24)25-18(20)15(12-23-25)11-22-17-5-4-8-21-14(17)3/h4,8,12-13,16-17,22H,5-7,9-11,20H2,1-3H3. The average molecular weight is 374 g/mol. The molecule has 1 unspecified atom stereocenters. The summed E-state index contributed by atoms with van der Waals surface area (Å²) in [6.07, 6.45) is 8.01. The van der Waals surface area contributed by atoms with Crippen LogP contribution in [0.15, 0.2) is 23.5 Å². The van der Waals surface area contributed by atoms with E-state index in [1.165, 1.54) is 0 Å². The van der Waals surface area contributed by atoms with E-state index in [2.05, 4.69) is 21.5 Å². The number of nitrogen functional groups attached to an aromatic ring is 1. The first-order chi connectivity index (χ1) is 13.0. The minimum Gasteiger partial charge on any atom is -0.447 e. The van der Waals surface area contributed by atoms with Crippen molar-refractivity contribution in [3.05, 3.63) is 24.0 Å². The first kappa shape index (κ1) is 19.4. The van der Waals surface area contributed by atoms with E-state index in [0.717, 1.165) is 30.5 Å². The zero-order valence-corrected chi connectivity index (χ0v) is 16.4. The molecular weight excluding hydrogens is 344 g/mol. The highest BCUT2D eigenvalue weighted by Gasteiger charge is 2.27. The number of rotatable bonds is 5. The van der Waals surface area contributed by atoms with Gasteiger partial charge in [-0.05, 0) is 40.0 Å². The van der Waals surface area contributed by atoms with Crippen LogP contribution in [-0.2, 0) is 11.3 Å². The second-order valence-corrected chi connectivity index (χ2v) is 7.47. The van der Waals surface area contributed by atoms with Crippen LogP contribution in [0.4, 0.5) is 10.6 Å². The number of amides is 1. The van der Waals surface area contributed by atoms with Gasteiger partial charge in [-0.2, -0.15) is 5.10 Å². The third-order valence-corrected chi connectivity index (χ3v) is 5.12. The first-order valence-corrected chi connectivity index (χ1v) is 9.65. The normalized spacial score (nSPS) is 20.8. The average Bonchev–Trinajstić information content (AvgIpc) is 3.01. The number of anilines is 1. The Balaban J connectivity index is 1.54. The summed E-state index contributed by atoms with van der Waals surface area (Å²) < 4.78 is 7.18. The number of ether oxygens (including phenoxy) is 1. The molecular formula is C19H30N6O2. The van der Waals surface area contributed by atoms with Crippen molar-refractivity contribution in [1.82, 2.24) is 20.0 Å². The Kier molecular flexibility index (Phi) is 6.15. The summed E-state index contributed by atoms with van der Waals surface area (Å²) in [4.78, 5) is 18.1. The van der Waals surface area contributed by atoms with Crippen LogP contribution >= 0.6 is 0 Å². The van der Waals surface area contributed by atoms with Crippen LogP contribution in [0.5, 0.6) is 0 Å². The zero-order chi connectivity index (χ0) is 19.4. The lowest BCUT2D eigenvalue weighted by atomic mass is 10.1. The van der Waals surface area contributed by atoms with Gasteiger partial charge in [-0.25, -0.2) is 9.48 Å². The first-order valence-electron chi connectivity index (χ1n) is 9.65. The van der Waals surface area contributed by atoms with Gasteiger partial charge < -0.3 is 20.7 Å². The van der Waals surface area contributed by atoms with Gasteiger partial charge >= 0.3 is 6.09 Å². The Hall–Kier alpha value is -2.35. The lowest BCUT2D eigenvalue weighted by Crippen LogP contribution is -2.40. The highest BCUT2D eigenvalue weighted by atomic mass is 16.6. The summed E-state index contributed by atoms with van der Waals surface area (Å²) >= 11 is 0. The van der Waals surface area contributed by atoms with Crippen molar-refractivity contribution >= 4 is 17.6 Å². The molecule has 3 heterocycles. The molecule has 1 saturated heterocycles. The minimum absolute atomic E-state index is 0.0969. The number of aliphatic imine (C=N–C) groups is 1. The number of hydrogen-bond donors (Lipinski definition) is 2. The molecule has 0 saturated carbocycles. The maximum atomic E-state index is 12.0. The van der Waals surface area contributed by atoms with E-state index in [1.54, 1.807) is 4.90 Å². The van der Waals surface area contributed by atoms with Gasteiger partial charge in [-0.1, -0.05) is 6.08 Å². The third-order valence-electron chi connectivity index (χ3n) is 5.12. The van der Waals surface area contributed by atoms with E-state index in [1.807, 2.05) is 37.8 Å². The molecule has 0 aromatic carbocycles. The Labute approximate surface area is 160 Å². The van der Waals surface area contributed by atoms with Crippen LogP contribution in [-0.4, -0.2) is 51.7 Å². The van der Waals surface area contributed by atoms with Gasteiger partial charge in [0.1, 0.15) is 5.82 Å². The number of nitrogens with two attached hydrogens (primary N) is 1. The van der Waals surface area contributed by atoms with Crippen LogP contribution in [0.25, 0.3) is 0 Å². The van der Waals surface area contributed by atoms with Crippen molar-refractivity contribution in [2.45, 2.75) is 64.8 Å². The highest BCUT2D eigenvalue weighted by Crippen LogP contribution is 2.26. The van der Waals surface area contributed by atoms with Crippen molar-refractivity contribution in [2.24, 2.45) is 4.99 Å². The molecule has 8 nitrogen and oxygen atoms in total. The quantitative estimate of drug-likeness (QED) is 0.825. The van der Waals surface area contributed by atoms with Crippen LogP contribution in [0.3, 0.4) is 0 Å². The number of carbonyl (C=O) groups is 1. The number of piperidine rings is 1. The van der Waals surface area contributed by atoms with E-state index in [9.17, 15) is 4.79 Å². The predicted octanol–water partition coefficient (Wildman–Crippen LogP) is 2.48. The zero-order valence-electron chi connectivity index (χ0n) is 16.4. The second kappa shape index (κ2) is 8.56. The molecule has 27 heavy (non-hydrogen) atoms. The topological polar surface area (TPSA) is 97.8 Å². The summed E-state index contributed by atoms with van der Waals surface area (Å²) in [5, 5.41) is 8.01. The fourth-order valence-corrected chi connectivity index (χ4v) is 3.50. The maximum absolute atomic E-state index is 12.0. The molecule has 0 bridgehead atoms. The molecule has 0 radical (unpaired) electrons. The van der Waals surface area contributed by atoms with Crippen molar-refractivity contribution < 1.29 is 9.53 Å². The van der Waals surface area contributed by atoms with Gasteiger partial charge in [0, 0.05) is 43.2 Å². The van der Waals surface area contributed by atoms with Crippen molar-refractivity contribution in [1.29, 1.82) is 0 Å². The molecule has 8 heteroatoms. The molecule has 0 spiro atoms. The molecule has 1 atom stereocenters. The van der Waals surface area contributed by atoms with E-state index in [0.29, 0.717) is 25.5 Å². The van der Waals surface area contributed by atoms with Crippen molar-refractivity contribution in [3.63, 3.8) is 0 Å². The Morgan fingerprint density at radius 1 is 1.41 bits per heavy atom. The largest absolute Gasteiger partial charge is 0.447 e. The van der Waals surface area contributed by atoms with Crippen molar-refractivity contribution in [3.8, 4) is 0 Å². The van der Waals surface area contributed by atoms with Crippen molar-refractivity contribution in [2.75, 3.05) is 18.8 Å². The number of nitrogens with one attached hydrogen (secondary N) is 1. The molecule has 2 aliphatic rings. The Morgan fingerprint density at radius 3 is 2.81 bits per heavy atom. The highest BCUT2D eigenvalue weighted by molar-refractivity contribution is 5.88. The number of hydrogen-bond acceptors (Lipinski definition) is 6. The fourth-order valence-electron chi connectivity index (χ4n) is 3.50. The third kappa shape index (κ3) is 4.68. The van der Waals surface area contributed by atoms with E-state index < -0.39 is 0 Å². The van der Waals surface area contributed by atoms with Crippen LogP contribution in [0.1, 0.15) is 51.6 Å². The summed E-state index contributed by atoms with van der Waals surface area (Å²) in [7, 11) is 0. The fraction of sp³-hybridized carbons (Fsp3) is 0.632. The lowest BCUT2D eigenvalue weighted by molar-refractivity contribution is 0.0655. The summed E-state index contributed by atoms with van der Waals surface area (Å²) in [5.74, 6) is 0.701. The molecule has 1 fully saturated rings. The number of likely N-dealkylation sites (tertiary alicyclic amines) is 1. The van der Waals surface area contributed by atoms with Gasteiger partial charge in [0.05, 0.1) is 18.3 Å². The molecule has 0 aliphatic carbocycles. The minimum atomic E-state index is -0.236. The van der Waals surface area contributed by atoms with Gasteiger partial charge in [0.2, 0.25) is 0 Å². The Bertz CT molecular complexity index is 716. The molecule has 1 aromatic rings. The molecule has 3 rings (SSSR count). The maximum Gasteiger partial charge on any atom is 0.410 e. The number of nitrogens with zero attached hydrogens (tertiary/aromatic N) is 4. The molecule has 148 valence electrons. The summed E-state index contributed by atoms with van der Waals surface area (Å²) in [6, 6.07) is 0.454. The molecule has 2 aliphatic heterocycles. The number of aromatic nitrogens is 2. The SMILES string of the molecule is CC1=NC=CCC1NCc1cnn(C2CCN(C(=O)OC(C)C)CC2)c1N. The summed E-state index contributed by atoms with van der Waals surface area (Å²) in [5.41, 5.74) is 8.44. The van der Waals surface area contributed by atoms with Gasteiger partial charge in [-0.3, -0.25) is 4.99 Å². The van der Waals surface area contributed by atoms with Crippen LogP contribution in [0, 0.1) is 0 Å². The smallest absolute Gasteiger partial charge is 0.410 e. The van der Waals surface area contributed by atoms with E-state index in [4.69, 9.17) is 10.5 Å². The lowest BCUT2D eigenvalue weighted by Gasteiger charge is -2.32. The Morgan fingerprint density at radius 2 is 2.15 bits per heavy atom.